The van der Waals surface area contributed by atoms with E-state index in [2.05, 4.69) is 5.32 Å². The number of hydrogen-bond acceptors (Lipinski definition) is 7. The van der Waals surface area contributed by atoms with Gasteiger partial charge >= 0.3 is 5.97 Å². The van der Waals surface area contributed by atoms with Gasteiger partial charge in [-0.1, -0.05) is 13.0 Å². The molecule has 0 radical (unpaired) electrons. The van der Waals surface area contributed by atoms with Crippen LogP contribution in [-0.4, -0.2) is 57.5 Å². The Morgan fingerprint density at radius 1 is 1.23 bits per heavy atom. The first kappa shape index (κ1) is 25.7. The Bertz CT molecular complexity index is 842. The molecule has 0 bridgehead atoms. The van der Waals surface area contributed by atoms with Gasteiger partial charge in [0.25, 0.3) is 0 Å². The Kier molecular flexibility index (Phi) is 9.57. The summed E-state index contributed by atoms with van der Waals surface area (Å²) in [5, 5.41) is 10.7. The highest BCUT2D eigenvalue weighted by atomic mass is 32.2. The van der Waals surface area contributed by atoms with Gasteiger partial charge in [-0.3, -0.25) is 4.79 Å². The van der Waals surface area contributed by atoms with Crippen LogP contribution in [0.4, 0.5) is 0 Å². The minimum Gasteiger partial charge on any atom is -0.493 e. The van der Waals surface area contributed by atoms with Crippen LogP contribution in [0.1, 0.15) is 44.4 Å². The van der Waals surface area contributed by atoms with E-state index in [-0.39, 0.29) is 18.8 Å². The quantitative estimate of drug-likeness (QED) is 0.440. The van der Waals surface area contributed by atoms with Crippen molar-refractivity contribution in [1.29, 1.82) is 0 Å². The number of carboxylic acids is 1. The van der Waals surface area contributed by atoms with E-state index in [1.165, 1.54) is 14.0 Å². The number of rotatable bonds is 12. The molecule has 1 aromatic rings. The van der Waals surface area contributed by atoms with Gasteiger partial charge in [0.05, 0.1) is 13.7 Å². The average molecular weight is 445 g/mol. The average Bonchev–Trinajstić information content (AvgIpc) is 2.60. The van der Waals surface area contributed by atoms with Crippen LogP contribution in [0.2, 0.25) is 0 Å². The third-order valence-corrected chi connectivity index (χ3v) is 6.20. The lowest BCUT2D eigenvalue weighted by Gasteiger charge is -2.27. The highest BCUT2D eigenvalue weighted by Gasteiger charge is 2.32. The summed E-state index contributed by atoms with van der Waals surface area (Å²) in [7, 11) is -2.09. The van der Waals surface area contributed by atoms with E-state index in [0.717, 1.165) is 6.26 Å². The fraction of sp³-hybridized carbons (Fsp3) is 0.600. The SMILES string of the molecule is CCOc1cc(C(C(N)CC(C)C[C@H](NC(C)=O)C(=O)O)S(C)(=O)=O)ccc1OC. The van der Waals surface area contributed by atoms with Crippen LogP contribution in [0.25, 0.3) is 0 Å². The number of nitrogens with one attached hydrogen (secondary N) is 1. The van der Waals surface area contributed by atoms with Crippen molar-refractivity contribution in [2.45, 2.75) is 50.9 Å². The zero-order valence-corrected chi connectivity index (χ0v) is 18.9. The van der Waals surface area contributed by atoms with Gasteiger partial charge in [-0.15, -0.1) is 0 Å². The lowest BCUT2D eigenvalue weighted by molar-refractivity contribution is -0.142. The summed E-state index contributed by atoms with van der Waals surface area (Å²) in [6.45, 7) is 5.20. The molecule has 0 aromatic heterocycles. The predicted molar refractivity (Wildman–Crippen MR) is 113 cm³/mol. The molecule has 9 nitrogen and oxygen atoms in total. The second-order valence-corrected chi connectivity index (χ2v) is 9.59. The summed E-state index contributed by atoms with van der Waals surface area (Å²) in [6, 6.07) is 3.02. The molecule has 0 aliphatic rings. The highest BCUT2D eigenvalue weighted by molar-refractivity contribution is 7.91. The van der Waals surface area contributed by atoms with Crippen molar-refractivity contribution in [1.82, 2.24) is 5.32 Å². The first-order chi connectivity index (χ1) is 13.9. The van der Waals surface area contributed by atoms with Crippen LogP contribution in [0, 0.1) is 5.92 Å². The van der Waals surface area contributed by atoms with Crippen LogP contribution in [0.3, 0.4) is 0 Å². The highest BCUT2D eigenvalue weighted by Crippen LogP contribution is 2.35. The molecule has 0 aliphatic carbocycles. The second-order valence-electron chi connectivity index (χ2n) is 7.43. The molecule has 4 atom stereocenters. The number of sulfone groups is 1. The zero-order chi connectivity index (χ0) is 23.1. The number of ether oxygens (including phenoxy) is 2. The molecule has 0 aliphatic heterocycles. The molecule has 4 N–H and O–H groups in total. The monoisotopic (exact) mass is 444 g/mol. The third kappa shape index (κ3) is 7.49. The smallest absolute Gasteiger partial charge is 0.326 e. The fourth-order valence-corrected chi connectivity index (χ4v) is 4.89. The largest absolute Gasteiger partial charge is 0.493 e. The number of benzene rings is 1. The summed E-state index contributed by atoms with van der Waals surface area (Å²) in [6.07, 6.45) is 1.49. The molecule has 30 heavy (non-hydrogen) atoms. The van der Waals surface area contributed by atoms with Gasteiger partial charge in [0, 0.05) is 19.2 Å². The third-order valence-electron chi connectivity index (χ3n) is 4.65. The standard InChI is InChI=1S/C20H32N2O7S/c1-6-29-18-11-14(7-8-17(18)28-4)19(30(5,26)27)15(21)9-12(2)10-16(20(24)25)22-13(3)23/h7-8,11-12,15-16,19H,6,9-10,21H2,1-5H3,(H,22,23)(H,24,25)/t12?,15?,16-,19?/m0/s1. The van der Waals surface area contributed by atoms with Crippen molar-refractivity contribution in [2.24, 2.45) is 11.7 Å². The molecule has 0 saturated heterocycles. The molecule has 0 spiro atoms. The Balaban J connectivity index is 3.11. The lowest BCUT2D eigenvalue weighted by Crippen LogP contribution is -2.42. The summed E-state index contributed by atoms with van der Waals surface area (Å²) in [5.74, 6) is -0.949. The van der Waals surface area contributed by atoms with E-state index >= 15 is 0 Å². The summed E-state index contributed by atoms with van der Waals surface area (Å²) in [4.78, 5) is 22.6. The maximum atomic E-state index is 12.6. The van der Waals surface area contributed by atoms with Crippen molar-refractivity contribution in [3.05, 3.63) is 23.8 Å². The van der Waals surface area contributed by atoms with Gasteiger partial charge in [-0.05, 0) is 43.4 Å². The Hall–Kier alpha value is -2.33. The van der Waals surface area contributed by atoms with Crippen molar-refractivity contribution in [2.75, 3.05) is 20.0 Å². The maximum absolute atomic E-state index is 12.6. The van der Waals surface area contributed by atoms with Gasteiger partial charge in [-0.2, -0.15) is 0 Å². The number of methoxy groups -OCH3 is 1. The van der Waals surface area contributed by atoms with E-state index in [4.69, 9.17) is 15.2 Å². The van der Waals surface area contributed by atoms with Gasteiger partial charge in [0.2, 0.25) is 5.91 Å². The molecule has 1 amide bonds. The molecule has 10 heteroatoms. The Labute approximate surface area is 177 Å². The van der Waals surface area contributed by atoms with Crippen LogP contribution in [0.15, 0.2) is 18.2 Å². The van der Waals surface area contributed by atoms with Crippen LogP contribution >= 0.6 is 0 Å². The first-order valence-corrected chi connectivity index (χ1v) is 11.6. The number of aliphatic carboxylic acids is 1. The fourth-order valence-electron chi connectivity index (χ4n) is 3.50. The molecule has 0 heterocycles. The second kappa shape index (κ2) is 11.2. The molecular weight excluding hydrogens is 412 g/mol. The number of nitrogens with two attached hydrogens (primary N) is 1. The topological polar surface area (TPSA) is 145 Å². The van der Waals surface area contributed by atoms with E-state index < -0.39 is 39.0 Å². The minimum absolute atomic E-state index is 0.131. The van der Waals surface area contributed by atoms with E-state index in [1.54, 1.807) is 25.1 Å². The molecule has 3 unspecified atom stereocenters. The lowest BCUT2D eigenvalue weighted by atomic mass is 9.91. The number of carbonyl (C=O) groups is 2. The van der Waals surface area contributed by atoms with E-state index in [1.807, 2.05) is 6.92 Å². The summed E-state index contributed by atoms with van der Waals surface area (Å²) in [5.41, 5.74) is 6.77. The van der Waals surface area contributed by atoms with Gasteiger partial charge in [0.15, 0.2) is 21.3 Å². The number of hydrogen-bond donors (Lipinski definition) is 3. The Morgan fingerprint density at radius 3 is 2.33 bits per heavy atom. The van der Waals surface area contributed by atoms with Gasteiger partial charge in [0.1, 0.15) is 11.3 Å². The molecule has 0 saturated carbocycles. The van der Waals surface area contributed by atoms with E-state index in [0.29, 0.717) is 23.7 Å². The normalized spacial score (nSPS) is 15.5. The van der Waals surface area contributed by atoms with Crippen LogP contribution in [0.5, 0.6) is 11.5 Å². The number of carbonyl (C=O) groups excluding carboxylic acids is 1. The first-order valence-electron chi connectivity index (χ1n) is 9.65. The minimum atomic E-state index is -3.59. The zero-order valence-electron chi connectivity index (χ0n) is 18.0. The van der Waals surface area contributed by atoms with Crippen molar-refractivity contribution in [3.63, 3.8) is 0 Å². The summed E-state index contributed by atoms with van der Waals surface area (Å²) >= 11 is 0. The molecule has 1 rings (SSSR count). The predicted octanol–water partition coefficient (Wildman–Crippen LogP) is 1.51. The maximum Gasteiger partial charge on any atom is 0.326 e. The van der Waals surface area contributed by atoms with Gasteiger partial charge < -0.3 is 25.6 Å². The Morgan fingerprint density at radius 2 is 1.87 bits per heavy atom. The molecule has 0 fully saturated rings. The van der Waals surface area contributed by atoms with E-state index in [9.17, 15) is 23.1 Å². The number of carboxylic acid groups (broad SMARTS) is 1. The van der Waals surface area contributed by atoms with Crippen molar-refractivity contribution < 1.29 is 32.6 Å². The van der Waals surface area contributed by atoms with Crippen molar-refractivity contribution in [3.8, 4) is 11.5 Å². The van der Waals surface area contributed by atoms with Gasteiger partial charge in [-0.25, -0.2) is 13.2 Å². The van der Waals surface area contributed by atoms with Crippen LogP contribution < -0.4 is 20.5 Å². The van der Waals surface area contributed by atoms with Crippen molar-refractivity contribution >= 4 is 21.7 Å². The molecule has 170 valence electrons. The number of amides is 1. The summed E-state index contributed by atoms with van der Waals surface area (Å²) < 4.78 is 35.9. The van der Waals surface area contributed by atoms with Crippen LogP contribution in [-0.2, 0) is 19.4 Å². The molecule has 1 aromatic carbocycles. The molecular formula is C20H32N2O7S.